The molecule has 2 aliphatic rings. The zero-order chi connectivity index (χ0) is 15.7. The standard InChI is InChI=1S/C15H15N3O3S/c16-8-11-9-22-12-7-15(17-14(20)21,13(19)18(11)12)6-10-4-2-1-3-5-10/h1-5,11-12,17H,6-7,9H2,(H,20,21). The van der Waals surface area contributed by atoms with Crippen molar-refractivity contribution in [1.29, 1.82) is 5.26 Å². The molecule has 6 nitrogen and oxygen atoms in total. The Morgan fingerprint density at radius 1 is 1.50 bits per heavy atom. The fourth-order valence-electron chi connectivity index (χ4n) is 3.17. The molecule has 114 valence electrons. The van der Waals surface area contributed by atoms with Crippen molar-refractivity contribution in [2.24, 2.45) is 0 Å². The number of amides is 2. The maximum absolute atomic E-state index is 12.9. The predicted octanol–water partition coefficient (Wildman–Crippen LogP) is 1.43. The molecule has 3 unspecified atom stereocenters. The second-order valence-electron chi connectivity index (χ2n) is 5.52. The van der Waals surface area contributed by atoms with Crippen LogP contribution < -0.4 is 5.32 Å². The number of hydrogen-bond donors (Lipinski definition) is 2. The molecule has 22 heavy (non-hydrogen) atoms. The van der Waals surface area contributed by atoms with Gasteiger partial charge in [-0.3, -0.25) is 4.79 Å². The van der Waals surface area contributed by atoms with Gasteiger partial charge < -0.3 is 15.3 Å². The van der Waals surface area contributed by atoms with E-state index in [1.807, 2.05) is 30.3 Å². The van der Waals surface area contributed by atoms with Gasteiger partial charge in [-0.05, 0) is 5.56 Å². The predicted molar refractivity (Wildman–Crippen MR) is 81.1 cm³/mol. The number of thioether (sulfide) groups is 1. The van der Waals surface area contributed by atoms with Crippen molar-refractivity contribution in [3.63, 3.8) is 0 Å². The number of carbonyl (C=O) groups is 2. The average molecular weight is 317 g/mol. The van der Waals surface area contributed by atoms with E-state index in [0.717, 1.165) is 5.56 Å². The number of nitrogens with one attached hydrogen (secondary N) is 1. The lowest BCUT2D eigenvalue weighted by Crippen LogP contribution is -2.56. The number of benzene rings is 1. The highest BCUT2D eigenvalue weighted by Crippen LogP contribution is 2.43. The lowest BCUT2D eigenvalue weighted by Gasteiger charge is -2.28. The third kappa shape index (κ3) is 2.40. The summed E-state index contributed by atoms with van der Waals surface area (Å²) in [6, 6.07) is 11.0. The zero-order valence-corrected chi connectivity index (χ0v) is 12.5. The molecule has 3 atom stereocenters. The zero-order valence-electron chi connectivity index (χ0n) is 11.7. The van der Waals surface area contributed by atoms with Crippen LogP contribution in [-0.2, 0) is 11.2 Å². The molecular formula is C15H15N3O3S. The lowest BCUT2D eigenvalue weighted by molar-refractivity contribution is -0.133. The Morgan fingerprint density at radius 3 is 2.86 bits per heavy atom. The summed E-state index contributed by atoms with van der Waals surface area (Å²) in [5.41, 5.74) is -0.287. The average Bonchev–Trinajstić information content (AvgIpc) is 2.99. The van der Waals surface area contributed by atoms with Crippen LogP contribution in [0.1, 0.15) is 12.0 Å². The molecule has 2 heterocycles. The van der Waals surface area contributed by atoms with Crippen LogP contribution in [0.3, 0.4) is 0 Å². The van der Waals surface area contributed by atoms with Gasteiger partial charge in [-0.1, -0.05) is 30.3 Å². The highest BCUT2D eigenvalue weighted by molar-refractivity contribution is 8.00. The van der Waals surface area contributed by atoms with Gasteiger partial charge in [-0.25, -0.2) is 4.79 Å². The largest absolute Gasteiger partial charge is 0.465 e. The van der Waals surface area contributed by atoms with Gasteiger partial charge in [-0.15, -0.1) is 11.8 Å². The van der Waals surface area contributed by atoms with Crippen LogP contribution in [0.15, 0.2) is 30.3 Å². The molecule has 0 bridgehead atoms. The molecule has 2 aliphatic heterocycles. The number of fused-ring (bicyclic) bond motifs is 1. The Bertz CT molecular complexity index is 645. The van der Waals surface area contributed by atoms with Gasteiger partial charge in [-0.2, -0.15) is 5.26 Å². The molecule has 0 radical (unpaired) electrons. The Morgan fingerprint density at radius 2 is 2.23 bits per heavy atom. The van der Waals surface area contributed by atoms with E-state index in [-0.39, 0.29) is 11.3 Å². The minimum Gasteiger partial charge on any atom is -0.465 e. The summed E-state index contributed by atoms with van der Waals surface area (Å²) in [7, 11) is 0. The van der Waals surface area contributed by atoms with Crippen molar-refractivity contribution >= 4 is 23.8 Å². The van der Waals surface area contributed by atoms with Crippen LogP contribution in [0, 0.1) is 11.3 Å². The van der Waals surface area contributed by atoms with Crippen molar-refractivity contribution in [2.45, 2.75) is 29.8 Å². The van der Waals surface area contributed by atoms with Crippen molar-refractivity contribution in [3.8, 4) is 6.07 Å². The van der Waals surface area contributed by atoms with Crippen molar-refractivity contribution in [1.82, 2.24) is 10.2 Å². The molecule has 1 aromatic rings. The van der Waals surface area contributed by atoms with Crippen LogP contribution in [-0.4, -0.2) is 44.7 Å². The maximum Gasteiger partial charge on any atom is 0.405 e. The van der Waals surface area contributed by atoms with E-state index in [1.54, 1.807) is 4.90 Å². The van der Waals surface area contributed by atoms with Gasteiger partial charge in [0, 0.05) is 18.6 Å². The minimum atomic E-state index is -1.22. The van der Waals surface area contributed by atoms with Gasteiger partial charge in [0.1, 0.15) is 11.6 Å². The minimum absolute atomic E-state index is 0.132. The third-order valence-corrected chi connectivity index (χ3v) is 5.39. The Kier molecular flexibility index (Phi) is 3.71. The summed E-state index contributed by atoms with van der Waals surface area (Å²) < 4.78 is 0. The molecule has 2 saturated heterocycles. The van der Waals surface area contributed by atoms with E-state index < -0.39 is 17.7 Å². The van der Waals surface area contributed by atoms with E-state index in [2.05, 4.69) is 11.4 Å². The highest BCUT2D eigenvalue weighted by atomic mass is 32.2. The van der Waals surface area contributed by atoms with Gasteiger partial charge >= 0.3 is 6.09 Å². The van der Waals surface area contributed by atoms with Crippen molar-refractivity contribution in [3.05, 3.63) is 35.9 Å². The normalized spacial score (nSPS) is 30.0. The summed E-state index contributed by atoms with van der Waals surface area (Å²) in [5.74, 6) is 0.293. The van der Waals surface area contributed by atoms with E-state index in [4.69, 9.17) is 5.11 Å². The van der Waals surface area contributed by atoms with Gasteiger partial charge in [0.25, 0.3) is 5.91 Å². The summed E-state index contributed by atoms with van der Waals surface area (Å²) >= 11 is 1.54. The summed E-state index contributed by atoms with van der Waals surface area (Å²) in [6.07, 6.45) is -0.537. The Labute approximate surface area is 132 Å². The molecule has 7 heteroatoms. The second kappa shape index (κ2) is 5.54. The van der Waals surface area contributed by atoms with Crippen LogP contribution in [0.5, 0.6) is 0 Å². The van der Waals surface area contributed by atoms with Crippen molar-refractivity contribution in [2.75, 3.05) is 5.75 Å². The summed E-state index contributed by atoms with van der Waals surface area (Å²) in [4.78, 5) is 25.6. The summed E-state index contributed by atoms with van der Waals surface area (Å²) in [6.45, 7) is 0. The van der Waals surface area contributed by atoms with Gasteiger partial charge in [0.15, 0.2) is 0 Å². The number of carboxylic acid groups (broad SMARTS) is 1. The van der Waals surface area contributed by atoms with Gasteiger partial charge in [0.05, 0.1) is 11.4 Å². The fourth-order valence-corrected chi connectivity index (χ4v) is 4.62. The first-order valence-electron chi connectivity index (χ1n) is 6.95. The Balaban J connectivity index is 1.93. The van der Waals surface area contributed by atoms with E-state index in [0.29, 0.717) is 18.6 Å². The molecule has 2 N–H and O–H groups in total. The molecule has 2 amide bonds. The summed E-state index contributed by atoms with van der Waals surface area (Å²) in [5, 5.41) is 20.6. The van der Waals surface area contributed by atoms with Crippen LogP contribution in [0.4, 0.5) is 4.79 Å². The molecule has 0 spiro atoms. The number of rotatable bonds is 3. The number of hydrogen-bond acceptors (Lipinski definition) is 4. The third-order valence-electron chi connectivity index (χ3n) is 4.10. The quantitative estimate of drug-likeness (QED) is 0.879. The Hall–Kier alpha value is -2.20. The monoisotopic (exact) mass is 317 g/mol. The second-order valence-corrected chi connectivity index (χ2v) is 6.73. The first kappa shape index (κ1) is 14.7. The molecule has 3 rings (SSSR count). The molecule has 1 aromatic carbocycles. The number of nitriles is 1. The van der Waals surface area contributed by atoms with Crippen LogP contribution in [0.2, 0.25) is 0 Å². The van der Waals surface area contributed by atoms with Gasteiger partial charge in [0.2, 0.25) is 0 Å². The van der Waals surface area contributed by atoms with E-state index in [9.17, 15) is 14.9 Å². The van der Waals surface area contributed by atoms with Crippen LogP contribution in [0.25, 0.3) is 0 Å². The van der Waals surface area contributed by atoms with E-state index in [1.165, 1.54) is 11.8 Å². The highest BCUT2D eigenvalue weighted by Gasteiger charge is 2.57. The maximum atomic E-state index is 12.9. The van der Waals surface area contributed by atoms with Crippen LogP contribution >= 0.6 is 11.8 Å². The lowest BCUT2D eigenvalue weighted by atomic mass is 9.89. The van der Waals surface area contributed by atoms with Crippen molar-refractivity contribution < 1.29 is 14.7 Å². The SMILES string of the molecule is N#CC1CSC2CC(Cc3ccccc3)(NC(=O)O)C(=O)N12. The fraction of sp³-hybridized carbons (Fsp3) is 0.400. The molecule has 2 fully saturated rings. The number of carbonyl (C=O) groups excluding carboxylic acids is 1. The number of nitrogens with zero attached hydrogens (tertiary/aromatic N) is 2. The molecular weight excluding hydrogens is 302 g/mol. The molecule has 0 aromatic heterocycles. The topological polar surface area (TPSA) is 93.4 Å². The molecule has 0 aliphatic carbocycles. The molecule has 0 saturated carbocycles. The first-order chi connectivity index (χ1) is 10.6. The first-order valence-corrected chi connectivity index (χ1v) is 8.00. The van der Waals surface area contributed by atoms with E-state index >= 15 is 0 Å². The smallest absolute Gasteiger partial charge is 0.405 e.